The number of ether oxygens (including phenoxy) is 1. The molecule has 6 aromatic heterocycles. The molecule has 0 aliphatic carbocycles. The molecule has 0 aliphatic heterocycles. The van der Waals surface area contributed by atoms with Crippen molar-refractivity contribution in [2.45, 2.75) is 13.8 Å². The first-order valence-corrected chi connectivity index (χ1v) is 16.3. The molecule has 0 spiro atoms. The number of hydrogen-bond acceptors (Lipinski definition) is 5. The molecule has 7 nitrogen and oxygen atoms in total. The van der Waals surface area contributed by atoms with E-state index in [1.54, 1.807) is 0 Å². The third kappa shape index (κ3) is 4.09. The topological polar surface area (TPSA) is 69.6 Å². The van der Waals surface area contributed by atoms with Crippen LogP contribution in [0.15, 0.2) is 134 Å². The molecule has 6 heterocycles. The van der Waals surface area contributed by atoms with Gasteiger partial charge in [-0.2, -0.15) is 0 Å². The van der Waals surface area contributed by atoms with Crippen molar-refractivity contribution in [3.63, 3.8) is 0 Å². The van der Waals surface area contributed by atoms with Crippen LogP contribution in [0.2, 0.25) is 0 Å². The summed E-state index contributed by atoms with van der Waals surface area (Å²) >= 11 is 0. The number of nitrogens with zero attached hydrogens (tertiary/aromatic N) is 6. The molecule has 7 heteroatoms. The summed E-state index contributed by atoms with van der Waals surface area (Å²) in [6, 6.07) is 41.5. The van der Waals surface area contributed by atoms with Gasteiger partial charge in [-0.25, -0.2) is 19.9 Å². The summed E-state index contributed by atoms with van der Waals surface area (Å²) in [5.41, 5.74) is 9.55. The van der Waals surface area contributed by atoms with Crippen LogP contribution in [0.4, 0.5) is 0 Å². The Bertz CT molecular complexity index is 2930. The smallest absolute Gasteiger partial charge is 0.147 e. The van der Waals surface area contributed by atoms with E-state index in [0.29, 0.717) is 0 Å². The molecule has 0 saturated carbocycles. The van der Waals surface area contributed by atoms with Crippen molar-refractivity contribution in [3.05, 3.63) is 145 Å². The van der Waals surface area contributed by atoms with Crippen molar-refractivity contribution in [2.75, 3.05) is 0 Å². The highest BCUT2D eigenvalue weighted by Crippen LogP contribution is 2.40. The molecule has 0 saturated heterocycles. The second kappa shape index (κ2) is 10.5. The predicted octanol–water partition coefficient (Wildman–Crippen LogP) is 10.1. The van der Waals surface area contributed by atoms with Crippen LogP contribution in [0.3, 0.4) is 0 Å². The number of pyridine rings is 4. The molecule has 0 aliphatic rings. The van der Waals surface area contributed by atoms with E-state index in [0.717, 1.165) is 100 Å². The van der Waals surface area contributed by atoms with Crippen LogP contribution >= 0.6 is 0 Å². The highest BCUT2D eigenvalue weighted by molar-refractivity contribution is 6.13. The third-order valence-corrected chi connectivity index (χ3v) is 9.59. The molecular formula is C42H28N6O. The van der Waals surface area contributed by atoms with Gasteiger partial charge in [-0.3, -0.25) is 8.80 Å². The quantitative estimate of drug-likeness (QED) is 0.181. The Labute approximate surface area is 280 Å². The van der Waals surface area contributed by atoms with Crippen molar-refractivity contribution in [2.24, 2.45) is 0 Å². The van der Waals surface area contributed by atoms with Gasteiger partial charge in [-0.15, -0.1) is 0 Å². The minimum absolute atomic E-state index is 0.719. The molecule has 10 aromatic rings. The molecule has 49 heavy (non-hydrogen) atoms. The van der Waals surface area contributed by atoms with E-state index in [2.05, 4.69) is 101 Å². The van der Waals surface area contributed by atoms with Gasteiger partial charge in [0.25, 0.3) is 0 Å². The molecule has 0 amide bonds. The van der Waals surface area contributed by atoms with Crippen LogP contribution in [0.25, 0.3) is 77.4 Å². The van der Waals surface area contributed by atoms with Crippen molar-refractivity contribution in [3.8, 4) is 34.0 Å². The third-order valence-electron chi connectivity index (χ3n) is 9.59. The summed E-state index contributed by atoms with van der Waals surface area (Å²) in [6.45, 7) is 4.13. The maximum absolute atomic E-state index is 6.65. The number of benzene rings is 4. The number of hydrogen-bond donors (Lipinski definition) is 0. The second-order valence-corrected chi connectivity index (χ2v) is 12.4. The highest BCUT2D eigenvalue weighted by Gasteiger charge is 2.22. The van der Waals surface area contributed by atoms with Gasteiger partial charge in [-0.05, 0) is 85.3 Å². The van der Waals surface area contributed by atoms with Gasteiger partial charge in [-0.1, -0.05) is 60.7 Å². The molecule has 0 unspecified atom stereocenters. The normalized spacial score (nSPS) is 11.9. The van der Waals surface area contributed by atoms with Crippen molar-refractivity contribution < 1.29 is 4.74 Å². The number of aromatic nitrogens is 6. The van der Waals surface area contributed by atoms with Gasteiger partial charge < -0.3 is 4.74 Å². The summed E-state index contributed by atoms with van der Waals surface area (Å²) in [5.74, 6) is 1.45. The first-order chi connectivity index (χ1) is 24.1. The van der Waals surface area contributed by atoms with E-state index in [-0.39, 0.29) is 0 Å². The predicted molar refractivity (Wildman–Crippen MR) is 196 cm³/mol. The average molecular weight is 633 g/mol. The molecule has 0 radical (unpaired) electrons. The minimum Gasteiger partial charge on any atom is -0.457 e. The van der Waals surface area contributed by atoms with E-state index >= 15 is 0 Å². The zero-order valence-electron chi connectivity index (χ0n) is 26.8. The van der Waals surface area contributed by atoms with E-state index in [9.17, 15) is 0 Å². The molecule has 4 aromatic carbocycles. The van der Waals surface area contributed by atoms with Crippen LogP contribution in [0.1, 0.15) is 11.4 Å². The fraction of sp³-hybridized carbons (Fsp3) is 0.0476. The van der Waals surface area contributed by atoms with Crippen LogP contribution < -0.4 is 4.74 Å². The van der Waals surface area contributed by atoms with E-state index < -0.39 is 0 Å². The SMILES string of the molecule is Cc1nc2c3cc(Oc4ccc5c6cccnc6n6c(-c7ccccc7)c(-c7ccccc7)nc6c5c4)ccc3c3cccnc3n2c1C. The standard InChI is InChI=1S/C42H28N6O/c1-25-26(2)47-39-33(15-9-21-43-39)31-19-17-29(23-35(31)41(47)45-25)49-30-18-20-32-34-16-10-22-44-40(34)48-38(28-13-7-4-8-14-28)37(27-11-5-3-6-12-27)46-42(48)36(32)24-30/h3-24H,1-2H3. The fourth-order valence-corrected chi connectivity index (χ4v) is 7.24. The Kier molecular flexibility index (Phi) is 5.87. The number of aryl methyl sites for hydroxylation is 2. The van der Waals surface area contributed by atoms with Crippen LogP contribution in [-0.2, 0) is 0 Å². The summed E-state index contributed by atoms with van der Waals surface area (Å²) in [5, 5.41) is 6.28. The Hall–Kier alpha value is -6.60. The molecule has 0 N–H and O–H groups in total. The molecule has 0 atom stereocenters. The lowest BCUT2D eigenvalue weighted by Crippen LogP contribution is -1.97. The van der Waals surface area contributed by atoms with Gasteiger partial charge in [0, 0.05) is 50.8 Å². The summed E-state index contributed by atoms with van der Waals surface area (Å²) in [7, 11) is 0. The van der Waals surface area contributed by atoms with Gasteiger partial charge in [0.15, 0.2) is 0 Å². The van der Waals surface area contributed by atoms with E-state index in [1.165, 1.54) is 0 Å². The summed E-state index contributed by atoms with van der Waals surface area (Å²) in [4.78, 5) is 19.9. The maximum atomic E-state index is 6.65. The van der Waals surface area contributed by atoms with Crippen LogP contribution in [0, 0.1) is 13.8 Å². The monoisotopic (exact) mass is 632 g/mol. The number of rotatable bonds is 4. The van der Waals surface area contributed by atoms with Gasteiger partial charge in [0.2, 0.25) is 0 Å². The Morgan fingerprint density at radius 2 is 1.02 bits per heavy atom. The van der Waals surface area contributed by atoms with Crippen molar-refractivity contribution in [1.82, 2.24) is 28.7 Å². The number of fused-ring (bicyclic) bond motifs is 12. The average Bonchev–Trinajstić information content (AvgIpc) is 3.71. The fourth-order valence-electron chi connectivity index (χ4n) is 7.24. The van der Waals surface area contributed by atoms with Crippen molar-refractivity contribution in [1.29, 1.82) is 0 Å². The highest BCUT2D eigenvalue weighted by atomic mass is 16.5. The number of imidazole rings is 2. The lowest BCUT2D eigenvalue weighted by Gasteiger charge is -2.13. The van der Waals surface area contributed by atoms with Gasteiger partial charge >= 0.3 is 0 Å². The van der Waals surface area contributed by atoms with E-state index in [1.807, 2.05) is 55.7 Å². The lowest BCUT2D eigenvalue weighted by molar-refractivity contribution is 0.484. The molecule has 10 rings (SSSR count). The molecule has 232 valence electrons. The Balaban J connectivity index is 1.21. The van der Waals surface area contributed by atoms with Gasteiger partial charge in [0.1, 0.15) is 34.1 Å². The first kappa shape index (κ1) is 27.5. The Morgan fingerprint density at radius 3 is 1.63 bits per heavy atom. The zero-order chi connectivity index (χ0) is 32.6. The summed E-state index contributed by atoms with van der Waals surface area (Å²) < 4.78 is 11.0. The largest absolute Gasteiger partial charge is 0.457 e. The molecule has 0 fully saturated rings. The summed E-state index contributed by atoms with van der Waals surface area (Å²) in [6.07, 6.45) is 3.68. The first-order valence-electron chi connectivity index (χ1n) is 16.3. The van der Waals surface area contributed by atoms with Crippen LogP contribution in [0.5, 0.6) is 11.5 Å². The van der Waals surface area contributed by atoms with E-state index in [4.69, 9.17) is 24.7 Å². The molecular weight excluding hydrogens is 605 g/mol. The Morgan fingerprint density at radius 1 is 0.469 bits per heavy atom. The zero-order valence-corrected chi connectivity index (χ0v) is 26.8. The lowest BCUT2D eigenvalue weighted by atomic mass is 10.0. The minimum atomic E-state index is 0.719. The maximum Gasteiger partial charge on any atom is 0.147 e. The van der Waals surface area contributed by atoms with Crippen LogP contribution in [-0.4, -0.2) is 28.7 Å². The van der Waals surface area contributed by atoms with Crippen molar-refractivity contribution >= 4 is 54.9 Å². The second-order valence-electron chi connectivity index (χ2n) is 12.4. The molecule has 0 bridgehead atoms. The van der Waals surface area contributed by atoms with Gasteiger partial charge in [0.05, 0.1) is 17.1 Å².